The molecule has 4 aliphatic carbocycles. The molecule has 0 saturated carbocycles. The summed E-state index contributed by atoms with van der Waals surface area (Å²) >= 11 is 0. The fourth-order valence-electron chi connectivity index (χ4n) is 8.65. The second-order valence-corrected chi connectivity index (χ2v) is 22.7. The van der Waals surface area contributed by atoms with Gasteiger partial charge in [-0.15, -0.1) is 0 Å². The van der Waals surface area contributed by atoms with Crippen molar-refractivity contribution in [3.8, 4) is 0 Å². The van der Waals surface area contributed by atoms with Crippen molar-refractivity contribution in [2.75, 3.05) is 0 Å². The number of allylic oxidation sites excluding steroid dienone is 15. The number of hydrogen-bond donors (Lipinski definition) is 0. The Kier molecular flexibility index (Phi) is 35.6. The molecule has 8 heterocycles. The Bertz CT molecular complexity index is 4200. The number of carbonyl (C=O) groups excluding carboxylic acids is 11. The van der Waals surface area contributed by atoms with Gasteiger partial charge >= 0.3 is 0 Å². The number of ketones is 10. The largest absolute Gasteiger partial charge is 0.465 e. The van der Waals surface area contributed by atoms with Gasteiger partial charge in [-0.3, -0.25) is 38.4 Å². The molecule has 0 radical (unpaired) electrons. The van der Waals surface area contributed by atoms with E-state index < -0.39 is 0 Å². The highest BCUT2D eigenvalue weighted by atomic mass is 16.4. The molecule has 101 heavy (non-hydrogen) atoms. The molecule has 0 bridgehead atoms. The normalized spacial score (nSPS) is 14.4. The molecular formula is C82H82O19. The van der Waals surface area contributed by atoms with Crippen molar-refractivity contribution < 1.29 is 89.5 Å². The van der Waals surface area contributed by atoms with E-state index >= 15 is 0 Å². The number of furan rings is 8. The molecule has 0 saturated heterocycles. The molecule has 0 unspecified atom stereocenters. The highest BCUT2D eigenvalue weighted by molar-refractivity contribution is 6.11. The van der Waals surface area contributed by atoms with E-state index in [0.717, 1.165) is 70.8 Å². The number of Topliss-reactive ketones (excluding diaryl/α,β-unsaturated/α-hetero) is 3. The van der Waals surface area contributed by atoms with E-state index in [1.54, 1.807) is 141 Å². The van der Waals surface area contributed by atoms with Gasteiger partial charge in [0.2, 0.25) is 0 Å². The van der Waals surface area contributed by atoms with Gasteiger partial charge in [0.1, 0.15) is 57.7 Å². The predicted octanol–water partition coefficient (Wildman–Crippen LogP) is 18.4. The van der Waals surface area contributed by atoms with Crippen LogP contribution in [0.15, 0.2) is 271 Å². The van der Waals surface area contributed by atoms with Gasteiger partial charge in [-0.1, -0.05) is 23.3 Å². The van der Waals surface area contributed by atoms with Gasteiger partial charge in [-0.25, -0.2) is 0 Å². The minimum Gasteiger partial charge on any atom is -0.465 e. The number of hydrogen-bond acceptors (Lipinski definition) is 19. The first-order valence-electron chi connectivity index (χ1n) is 32.2. The average molecular weight is 1370 g/mol. The first kappa shape index (κ1) is 79.4. The fraction of sp³-hybridized carbons (Fsp3) is 0.207. The molecule has 0 spiro atoms. The highest BCUT2D eigenvalue weighted by Gasteiger charge is 2.18. The van der Waals surface area contributed by atoms with Crippen LogP contribution in [-0.4, -0.2) is 64.1 Å². The molecule has 0 aliphatic heterocycles. The Morgan fingerprint density at radius 2 is 0.673 bits per heavy atom. The number of rotatable bonds is 22. The smallest absolute Gasteiger partial charge is 0.185 e. The van der Waals surface area contributed by atoms with Gasteiger partial charge in [0.05, 0.1) is 50.1 Å². The quantitative estimate of drug-likeness (QED) is 0.0450. The van der Waals surface area contributed by atoms with E-state index in [2.05, 4.69) is 4.42 Å². The molecule has 524 valence electrons. The Morgan fingerprint density at radius 3 is 0.970 bits per heavy atom. The summed E-state index contributed by atoms with van der Waals surface area (Å²) in [6.07, 6.45) is 46.5. The highest BCUT2D eigenvalue weighted by Crippen LogP contribution is 2.26. The average Bonchev–Trinajstić information content (AvgIpc) is 1.73. The number of aldehydes is 1. The van der Waals surface area contributed by atoms with E-state index in [1.165, 1.54) is 63.4 Å². The van der Waals surface area contributed by atoms with Crippen LogP contribution in [0, 0.1) is 0 Å². The molecule has 0 N–H and O–H groups in total. The van der Waals surface area contributed by atoms with Gasteiger partial charge in [0, 0.05) is 70.4 Å². The van der Waals surface area contributed by atoms with Crippen molar-refractivity contribution in [1.29, 1.82) is 0 Å². The topological polar surface area (TPSA) is 293 Å². The molecule has 8 aromatic rings. The lowest BCUT2D eigenvalue weighted by Gasteiger charge is -1.94. The van der Waals surface area contributed by atoms with Crippen LogP contribution >= 0.6 is 0 Å². The Morgan fingerprint density at radius 1 is 0.347 bits per heavy atom. The second kappa shape index (κ2) is 45.3. The van der Waals surface area contributed by atoms with Crippen molar-refractivity contribution in [3.63, 3.8) is 0 Å². The Labute approximate surface area is 586 Å². The van der Waals surface area contributed by atoms with Crippen LogP contribution in [0.4, 0.5) is 0 Å². The fourth-order valence-corrected chi connectivity index (χ4v) is 8.65. The Balaban J connectivity index is 0.000000253. The van der Waals surface area contributed by atoms with Gasteiger partial charge in [0.25, 0.3) is 0 Å². The van der Waals surface area contributed by atoms with E-state index in [0.29, 0.717) is 67.2 Å². The van der Waals surface area contributed by atoms with Gasteiger partial charge < -0.3 is 49.7 Å². The Hall–Kier alpha value is -12.3. The zero-order valence-corrected chi connectivity index (χ0v) is 56.9. The SMILES string of the molecule is CC(=O)CCC(=O)/C=C/c1ccco1.CC(=O)CCC(C)=O.CC1=CC(=O)/C(=C/c2ccco2)C1.CC1=CC(=O)CC1.O=C(/C=C/c1ccco1)CCC(=O)/C=C/c1ccco1.O=C1C=C(/C=C\c2ccco2)C/C1=C\c1ccco1.O=C1C=C(/C=C\c2ccco2)CC1.O=Cc1ccco1.[HH]. The summed E-state index contributed by atoms with van der Waals surface area (Å²) in [6, 6.07) is 28.5. The van der Waals surface area contributed by atoms with Crippen LogP contribution in [0.5, 0.6) is 0 Å². The standard InChI is InChI=1S/C16H14O4.C16H12O3.C11H12O3.2C11H10O2.C6H10O2.C6H8O.C5H4O2.H2/c17-13(7-9-15-3-1-11-19-15)5-6-14(18)8-10-16-4-2-12-20-16;17-16-10-12(5-6-14-3-1-7-18-14)9-13(16)11-15-4-2-8-19-15;1-9(12)4-5-10(13)6-7-11-3-2-8-14-11;1-8-5-9(11(12)6-8)7-10-3-2-4-13-10;12-10-5-3-9(8-10)4-6-11-2-1-7-13-11;1-5(7)3-4-6(2)8;1-5-2-3-6(7)4-5;6-4-5-2-1-3-7-5;/h1-4,7-12H,5-6H2;1-8,10-11H,9H2;2-3,6-8H,4-5H2,1H3;2-4,6-7H,5H2,1H3;1-2,4,6-8H,3,5H2;3-4H2,1-2H3;4H,2-3H2,1H3;1-4H;1H/b9-7+,10-8+;6-5-,13-11+;7-6+;9-7+;6-4-;;;;. The summed E-state index contributed by atoms with van der Waals surface area (Å²) in [7, 11) is 0. The van der Waals surface area contributed by atoms with E-state index in [1.807, 2.05) is 80.6 Å². The van der Waals surface area contributed by atoms with Crippen LogP contribution < -0.4 is 0 Å². The summed E-state index contributed by atoms with van der Waals surface area (Å²) < 4.78 is 40.4. The first-order valence-corrected chi connectivity index (χ1v) is 32.2. The monoisotopic (exact) mass is 1370 g/mol. The molecular weight excluding hydrogens is 1290 g/mol. The van der Waals surface area contributed by atoms with Gasteiger partial charge in [-0.05, 0) is 247 Å². The third-order valence-corrected chi connectivity index (χ3v) is 13.9. The lowest BCUT2D eigenvalue weighted by Crippen LogP contribution is -1.98. The summed E-state index contributed by atoms with van der Waals surface area (Å²) in [5, 5.41) is 0. The van der Waals surface area contributed by atoms with Crippen LogP contribution in [0.3, 0.4) is 0 Å². The lowest BCUT2D eigenvalue weighted by molar-refractivity contribution is -0.122. The molecule has 4 aliphatic rings. The zero-order valence-electron chi connectivity index (χ0n) is 56.9. The molecule has 0 aromatic carbocycles. The first-order chi connectivity index (χ1) is 48.7. The van der Waals surface area contributed by atoms with Crippen LogP contribution in [-0.2, 0) is 47.9 Å². The summed E-state index contributed by atoms with van der Waals surface area (Å²) in [5.41, 5.74) is 5.95. The third kappa shape index (κ3) is 35.0. The summed E-state index contributed by atoms with van der Waals surface area (Å²) in [4.78, 5) is 119. The van der Waals surface area contributed by atoms with E-state index in [9.17, 15) is 52.7 Å². The lowest BCUT2D eigenvalue weighted by atomic mass is 10.1. The number of carbonyl (C=O) groups is 11. The third-order valence-electron chi connectivity index (χ3n) is 13.9. The molecule has 0 atom stereocenters. The summed E-state index contributed by atoms with van der Waals surface area (Å²) in [5.74, 6) is 5.85. The predicted molar refractivity (Wildman–Crippen MR) is 384 cm³/mol. The molecule has 19 nitrogen and oxygen atoms in total. The van der Waals surface area contributed by atoms with Gasteiger partial charge in [0.15, 0.2) is 52.5 Å². The molecule has 8 aromatic heterocycles. The van der Waals surface area contributed by atoms with E-state index in [4.69, 9.17) is 30.9 Å². The van der Waals surface area contributed by atoms with Crippen molar-refractivity contribution in [1.82, 2.24) is 0 Å². The summed E-state index contributed by atoms with van der Waals surface area (Å²) in [6.45, 7) is 8.40. The molecule has 0 amide bonds. The molecule has 19 heteroatoms. The maximum atomic E-state index is 11.8. The minimum absolute atomic E-state index is 0. The minimum atomic E-state index is -0.110. The van der Waals surface area contributed by atoms with Crippen LogP contribution in [0.1, 0.15) is 164 Å². The maximum absolute atomic E-state index is 11.8. The molecule has 0 fully saturated rings. The van der Waals surface area contributed by atoms with Crippen LogP contribution in [0.2, 0.25) is 0 Å². The second-order valence-electron chi connectivity index (χ2n) is 22.7. The van der Waals surface area contributed by atoms with Crippen molar-refractivity contribution in [2.24, 2.45) is 0 Å². The van der Waals surface area contributed by atoms with Gasteiger partial charge in [-0.2, -0.15) is 0 Å². The molecule has 12 rings (SSSR count). The van der Waals surface area contributed by atoms with Crippen LogP contribution in [0.25, 0.3) is 42.5 Å². The van der Waals surface area contributed by atoms with E-state index in [-0.39, 0.29) is 78.5 Å². The van der Waals surface area contributed by atoms with Crippen molar-refractivity contribution >= 4 is 107 Å². The van der Waals surface area contributed by atoms with Crippen molar-refractivity contribution in [3.05, 3.63) is 281 Å². The zero-order chi connectivity index (χ0) is 73.0. The van der Waals surface area contributed by atoms with Crippen molar-refractivity contribution in [2.45, 2.75) is 112 Å². The maximum Gasteiger partial charge on any atom is 0.185 e.